The maximum absolute atomic E-state index is 12.7. The van der Waals surface area contributed by atoms with Gasteiger partial charge in [0, 0.05) is 19.6 Å². The fourth-order valence-corrected chi connectivity index (χ4v) is 3.14. The number of carbonyl (C=O) groups excluding carboxylic acids is 1. The summed E-state index contributed by atoms with van der Waals surface area (Å²) < 4.78 is 0. The Morgan fingerprint density at radius 3 is 2.38 bits per heavy atom. The van der Waals surface area contributed by atoms with Crippen LogP contribution in [0.4, 0.5) is 0 Å². The first-order chi connectivity index (χ1) is 10.1. The Kier molecular flexibility index (Phi) is 5.80. The molecule has 0 spiro atoms. The minimum absolute atomic E-state index is 0.0721. The first-order valence-electron chi connectivity index (χ1n) is 8.10. The summed E-state index contributed by atoms with van der Waals surface area (Å²) in [5.41, 5.74) is 1.25. The Hall–Kier alpha value is -1.35. The van der Waals surface area contributed by atoms with Crippen LogP contribution in [0.3, 0.4) is 0 Å². The summed E-state index contributed by atoms with van der Waals surface area (Å²) in [7, 11) is 4.01. The first kappa shape index (κ1) is 16.0. The summed E-state index contributed by atoms with van der Waals surface area (Å²) >= 11 is 0. The SMILES string of the molecule is CC(C(=O)N(C)C1CCCCC1)N(C)Cc1ccccc1. The molecule has 0 bridgehead atoms. The highest BCUT2D eigenvalue weighted by Crippen LogP contribution is 2.22. The third-order valence-corrected chi connectivity index (χ3v) is 4.76. The Balaban J connectivity index is 1.91. The predicted molar refractivity (Wildman–Crippen MR) is 87.0 cm³/mol. The molecule has 1 amide bonds. The molecule has 0 radical (unpaired) electrons. The lowest BCUT2D eigenvalue weighted by Crippen LogP contribution is -2.48. The van der Waals surface area contributed by atoms with Gasteiger partial charge in [-0.3, -0.25) is 9.69 Å². The topological polar surface area (TPSA) is 23.6 Å². The number of benzene rings is 1. The zero-order chi connectivity index (χ0) is 15.2. The predicted octanol–water partition coefficient (Wildman–Crippen LogP) is 3.30. The molecular formula is C18H28N2O. The number of carbonyl (C=O) groups is 1. The van der Waals surface area contributed by atoms with Gasteiger partial charge in [-0.05, 0) is 32.4 Å². The van der Waals surface area contributed by atoms with Gasteiger partial charge in [0.25, 0.3) is 0 Å². The van der Waals surface area contributed by atoms with Gasteiger partial charge < -0.3 is 4.90 Å². The molecule has 1 aromatic rings. The molecule has 21 heavy (non-hydrogen) atoms. The third kappa shape index (κ3) is 4.31. The van der Waals surface area contributed by atoms with Crippen molar-refractivity contribution in [2.75, 3.05) is 14.1 Å². The van der Waals surface area contributed by atoms with Crippen molar-refractivity contribution in [3.63, 3.8) is 0 Å². The van der Waals surface area contributed by atoms with Gasteiger partial charge in [-0.15, -0.1) is 0 Å². The van der Waals surface area contributed by atoms with Crippen molar-refractivity contribution >= 4 is 5.91 Å². The molecule has 1 aliphatic carbocycles. The van der Waals surface area contributed by atoms with E-state index in [9.17, 15) is 4.79 Å². The zero-order valence-corrected chi connectivity index (χ0v) is 13.6. The smallest absolute Gasteiger partial charge is 0.239 e. The normalized spacial score (nSPS) is 17.7. The Labute approximate surface area is 128 Å². The van der Waals surface area contributed by atoms with E-state index in [4.69, 9.17) is 0 Å². The van der Waals surface area contributed by atoms with Gasteiger partial charge in [0.2, 0.25) is 5.91 Å². The second kappa shape index (κ2) is 7.60. The maximum Gasteiger partial charge on any atom is 0.239 e. The van der Waals surface area contributed by atoms with Crippen molar-refractivity contribution in [3.8, 4) is 0 Å². The van der Waals surface area contributed by atoms with Crippen molar-refractivity contribution in [2.45, 2.75) is 57.7 Å². The number of hydrogen-bond donors (Lipinski definition) is 0. The summed E-state index contributed by atoms with van der Waals surface area (Å²) in [6.07, 6.45) is 6.17. The van der Waals surface area contributed by atoms with Gasteiger partial charge >= 0.3 is 0 Å². The van der Waals surface area contributed by atoms with Crippen molar-refractivity contribution < 1.29 is 4.79 Å². The lowest BCUT2D eigenvalue weighted by molar-refractivity contribution is -0.137. The molecular weight excluding hydrogens is 260 g/mol. The van der Waals surface area contributed by atoms with Crippen LogP contribution in [0.15, 0.2) is 30.3 Å². The summed E-state index contributed by atoms with van der Waals surface area (Å²) in [6.45, 7) is 2.83. The molecule has 1 atom stereocenters. The largest absolute Gasteiger partial charge is 0.341 e. The molecule has 0 aliphatic heterocycles. The molecule has 1 unspecified atom stereocenters. The van der Waals surface area contributed by atoms with E-state index in [2.05, 4.69) is 17.0 Å². The highest BCUT2D eigenvalue weighted by Gasteiger charge is 2.27. The number of nitrogens with zero attached hydrogens (tertiary/aromatic N) is 2. The molecule has 1 aromatic carbocycles. The first-order valence-corrected chi connectivity index (χ1v) is 8.10. The molecule has 1 saturated carbocycles. The molecule has 0 saturated heterocycles. The summed E-state index contributed by atoms with van der Waals surface area (Å²) in [6, 6.07) is 10.7. The number of hydrogen-bond acceptors (Lipinski definition) is 2. The number of rotatable bonds is 5. The van der Waals surface area contributed by atoms with Crippen LogP contribution in [0.25, 0.3) is 0 Å². The van der Waals surface area contributed by atoms with Crippen LogP contribution in [0.5, 0.6) is 0 Å². The fraction of sp³-hybridized carbons (Fsp3) is 0.611. The maximum atomic E-state index is 12.7. The number of likely N-dealkylation sites (N-methyl/N-ethyl adjacent to an activating group) is 2. The fourth-order valence-electron chi connectivity index (χ4n) is 3.14. The molecule has 0 heterocycles. The Morgan fingerprint density at radius 2 is 1.76 bits per heavy atom. The quantitative estimate of drug-likeness (QED) is 0.830. The van der Waals surface area contributed by atoms with Crippen LogP contribution in [0, 0.1) is 0 Å². The second-order valence-electron chi connectivity index (χ2n) is 6.32. The molecule has 3 nitrogen and oxygen atoms in total. The average molecular weight is 288 g/mol. The van der Waals surface area contributed by atoms with Gasteiger partial charge in [0.05, 0.1) is 6.04 Å². The van der Waals surface area contributed by atoms with E-state index in [-0.39, 0.29) is 11.9 Å². The zero-order valence-electron chi connectivity index (χ0n) is 13.6. The van der Waals surface area contributed by atoms with E-state index in [1.165, 1.54) is 24.8 Å². The lowest BCUT2D eigenvalue weighted by Gasteiger charge is -2.35. The molecule has 3 heteroatoms. The average Bonchev–Trinajstić information content (AvgIpc) is 2.54. The van der Waals surface area contributed by atoms with Crippen LogP contribution in [-0.2, 0) is 11.3 Å². The van der Waals surface area contributed by atoms with E-state index in [1.54, 1.807) is 0 Å². The highest BCUT2D eigenvalue weighted by atomic mass is 16.2. The van der Waals surface area contributed by atoms with Crippen molar-refractivity contribution in [1.82, 2.24) is 9.80 Å². The molecule has 116 valence electrons. The van der Waals surface area contributed by atoms with Crippen LogP contribution < -0.4 is 0 Å². The van der Waals surface area contributed by atoms with Gasteiger partial charge in [-0.25, -0.2) is 0 Å². The summed E-state index contributed by atoms with van der Waals surface area (Å²) in [4.78, 5) is 16.8. The summed E-state index contributed by atoms with van der Waals surface area (Å²) in [5, 5.41) is 0. The van der Waals surface area contributed by atoms with Crippen LogP contribution >= 0.6 is 0 Å². The van der Waals surface area contributed by atoms with Crippen LogP contribution in [-0.4, -0.2) is 41.9 Å². The van der Waals surface area contributed by atoms with Crippen LogP contribution in [0.1, 0.15) is 44.6 Å². The molecule has 0 N–H and O–H groups in total. The molecule has 0 aromatic heterocycles. The number of amides is 1. The molecule has 2 rings (SSSR count). The lowest BCUT2D eigenvalue weighted by atomic mass is 9.94. The summed E-state index contributed by atoms with van der Waals surface area (Å²) in [5.74, 6) is 0.250. The van der Waals surface area contributed by atoms with E-state index >= 15 is 0 Å². The minimum Gasteiger partial charge on any atom is -0.341 e. The van der Waals surface area contributed by atoms with E-state index in [0.29, 0.717) is 6.04 Å². The highest BCUT2D eigenvalue weighted by molar-refractivity contribution is 5.81. The van der Waals surface area contributed by atoms with Gasteiger partial charge in [0.15, 0.2) is 0 Å². The van der Waals surface area contributed by atoms with E-state index < -0.39 is 0 Å². The second-order valence-corrected chi connectivity index (χ2v) is 6.32. The van der Waals surface area contributed by atoms with Crippen molar-refractivity contribution in [3.05, 3.63) is 35.9 Å². The minimum atomic E-state index is -0.0721. The Bertz CT molecular complexity index is 440. The molecule has 1 aliphatic rings. The van der Waals surface area contributed by atoms with Gasteiger partial charge in [-0.1, -0.05) is 49.6 Å². The van der Waals surface area contributed by atoms with E-state index in [1.807, 2.05) is 44.1 Å². The van der Waals surface area contributed by atoms with Crippen molar-refractivity contribution in [2.24, 2.45) is 0 Å². The van der Waals surface area contributed by atoms with Gasteiger partial charge in [0.1, 0.15) is 0 Å². The van der Waals surface area contributed by atoms with Gasteiger partial charge in [-0.2, -0.15) is 0 Å². The Morgan fingerprint density at radius 1 is 1.14 bits per heavy atom. The van der Waals surface area contributed by atoms with Crippen LogP contribution in [0.2, 0.25) is 0 Å². The standard InChI is InChI=1S/C18H28N2O/c1-15(19(2)14-16-10-6-4-7-11-16)18(21)20(3)17-12-8-5-9-13-17/h4,6-7,10-11,15,17H,5,8-9,12-14H2,1-3H3. The van der Waals surface area contributed by atoms with E-state index in [0.717, 1.165) is 19.4 Å². The monoisotopic (exact) mass is 288 g/mol. The molecule has 1 fully saturated rings. The van der Waals surface area contributed by atoms with Crippen molar-refractivity contribution in [1.29, 1.82) is 0 Å². The third-order valence-electron chi connectivity index (χ3n) is 4.76.